The van der Waals surface area contributed by atoms with Crippen LogP contribution >= 0.6 is 0 Å². The summed E-state index contributed by atoms with van der Waals surface area (Å²) in [6.07, 6.45) is 6.31. The fourth-order valence-electron chi connectivity index (χ4n) is 3.88. The number of rotatable bonds is 4. The number of fused-ring (bicyclic) bond motifs is 1. The molecule has 3 aromatic rings. The Bertz CT molecular complexity index is 998. The fraction of sp³-hybridized carbons (Fsp3) is 0.364. The first-order valence-corrected chi connectivity index (χ1v) is 9.93. The molecular formula is C22H25N5O. The molecule has 1 unspecified atom stereocenters. The van der Waals surface area contributed by atoms with Crippen molar-refractivity contribution in [2.75, 3.05) is 16.8 Å². The molecule has 0 aliphatic carbocycles. The van der Waals surface area contributed by atoms with Gasteiger partial charge in [-0.2, -0.15) is 0 Å². The maximum atomic E-state index is 12.9. The fourth-order valence-corrected chi connectivity index (χ4v) is 3.88. The SMILES string of the molecule is CCC1CCCCN1c1nc(C)cc(C(=O)Nc2cccc3cccnc23)n1. The average molecular weight is 375 g/mol. The van der Waals surface area contributed by atoms with E-state index in [1.165, 1.54) is 6.42 Å². The zero-order valence-corrected chi connectivity index (χ0v) is 16.4. The van der Waals surface area contributed by atoms with Crippen LogP contribution in [0, 0.1) is 6.92 Å². The van der Waals surface area contributed by atoms with Crippen molar-refractivity contribution >= 4 is 28.4 Å². The van der Waals surface area contributed by atoms with Gasteiger partial charge in [0.2, 0.25) is 5.95 Å². The molecule has 1 amide bonds. The minimum atomic E-state index is -0.241. The average Bonchev–Trinajstić information content (AvgIpc) is 2.73. The van der Waals surface area contributed by atoms with Gasteiger partial charge >= 0.3 is 0 Å². The topological polar surface area (TPSA) is 71.0 Å². The minimum absolute atomic E-state index is 0.241. The Morgan fingerprint density at radius 3 is 2.93 bits per heavy atom. The first kappa shape index (κ1) is 18.3. The van der Waals surface area contributed by atoms with Crippen LogP contribution in [0.4, 0.5) is 11.6 Å². The van der Waals surface area contributed by atoms with Crippen molar-refractivity contribution < 1.29 is 4.79 Å². The quantitative estimate of drug-likeness (QED) is 0.734. The lowest BCUT2D eigenvalue weighted by Gasteiger charge is -2.35. The number of nitrogens with zero attached hydrogens (tertiary/aromatic N) is 4. The summed E-state index contributed by atoms with van der Waals surface area (Å²) < 4.78 is 0. The highest BCUT2D eigenvalue weighted by molar-refractivity contribution is 6.07. The standard InChI is InChI=1S/C22H25N5O/c1-3-17-10-4-5-13-27(17)22-24-15(2)14-19(26-22)21(28)25-18-11-6-8-16-9-7-12-23-20(16)18/h6-9,11-12,14,17H,3-5,10,13H2,1-2H3,(H,25,28). The molecule has 0 saturated carbocycles. The van der Waals surface area contributed by atoms with E-state index >= 15 is 0 Å². The van der Waals surface area contributed by atoms with Crippen LogP contribution in [0.2, 0.25) is 0 Å². The highest BCUT2D eigenvalue weighted by Gasteiger charge is 2.24. The van der Waals surface area contributed by atoms with E-state index in [-0.39, 0.29) is 5.91 Å². The van der Waals surface area contributed by atoms with Crippen LogP contribution in [-0.4, -0.2) is 33.4 Å². The number of piperidine rings is 1. The van der Waals surface area contributed by atoms with E-state index in [0.29, 0.717) is 23.4 Å². The summed E-state index contributed by atoms with van der Waals surface area (Å²) in [5.74, 6) is 0.419. The van der Waals surface area contributed by atoms with Crippen LogP contribution in [0.5, 0.6) is 0 Å². The molecule has 1 saturated heterocycles. The number of pyridine rings is 1. The Hall–Kier alpha value is -3.02. The van der Waals surface area contributed by atoms with Crippen molar-refractivity contribution in [1.82, 2.24) is 15.0 Å². The summed E-state index contributed by atoms with van der Waals surface area (Å²) in [4.78, 5) is 28.8. The van der Waals surface area contributed by atoms with Gasteiger partial charge in [-0.05, 0) is 50.8 Å². The van der Waals surface area contributed by atoms with E-state index < -0.39 is 0 Å². The monoisotopic (exact) mass is 375 g/mol. The molecule has 1 N–H and O–H groups in total. The van der Waals surface area contributed by atoms with Crippen LogP contribution in [0.25, 0.3) is 10.9 Å². The largest absolute Gasteiger partial charge is 0.338 e. The lowest BCUT2D eigenvalue weighted by atomic mass is 10.0. The predicted molar refractivity (Wildman–Crippen MR) is 112 cm³/mol. The molecule has 0 radical (unpaired) electrons. The first-order chi connectivity index (χ1) is 13.7. The van der Waals surface area contributed by atoms with Crippen molar-refractivity contribution in [2.24, 2.45) is 0 Å². The molecule has 1 aromatic carbocycles. The Morgan fingerprint density at radius 2 is 2.07 bits per heavy atom. The van der Waals surface area contributed by atoms with Gasteiger partial charge < -0.3 is 10.2 Å². The number of para-hydroxylation sites is 1. The van der Waals surface area contributed by atoms with Gasteiger partial charge in [-0.3, -0.25) is 9.78 Å². The zero-order chi connectivity index (χ0) is 19.5. The van der Waals surface area contributed by atoms with Crippen LogP contribution in [0.3, 0.4) is 0 Å². The third kappa shape index (κ3) is 3.67. The number of aromatic nitrogens is 3. The second-order valence-electron chi connectivity index (χ2n) is 7.28. The first-order valence-electron chi connectivity index (χ1n) is 9.93. The molecule has 1 aliphatic rings. The molecule has 3 heterocycles. The summed E-state index contributed by atoms with van der Waals surface area (Å²) in [6, 6.07) is 11.8. The molecule has 0 bridgehead atoms. The van der Waals surface area contributed by atoms with Crippen LogP contribution in [0.15, 0.2) is 42.6 Å². The Kier molecular flexibility index (Phi) is 5.19. The van der Waals surface area contributed by atoms with Gasteiger partial charge in [0.05, 0.1) is 11.2 Å². The maximum Gasteiger partial charge on any atom is 0.274 e. The number of nitrogens with one attached hydrogen (secondary N) is 1. The molecule has 28 heavy (non-hydrogen) atoms. The molecule has 1 aliphatic heterocycles. The molecular weight excluding hydrogens is 350 g/mol. The van der Waals surface area contributed by atoms with Gasteiger partial charge in [0, 0.05) is 29.9 Å². The number of carbonyl (C=O) groups excluding carboxylic acids is 1. The molecule has 6 nitrogen and oxygen atoms in total. The number of benzene rings is 1. The van der Waals surface area contributed by atoms with Gasteiger partial charge in [-0.15, -0.1) is 0 Å². The number of hydrogen-bond donors (Lipinski definition) is 1. The Balaban J connectivity index is 1.63. The number of anilines is 2. The van der Waals surface area contributed by atoms with E-state index in [1.807, 2.05) is 37.3 Å². The van der Waals surface area contributed by atoms with Crippen molar-refractivity contribution in [3.8, 4) is 0 Å². The number of hydrogen-bond acceptors (Lipinski definition) is 5. The second kappa shape index (κ2) is 7.92. The summed E-state index contributed by atoms with van der Waals surface area (Å²) >= 11 is 0. The molecule has 0 spiro atoms. The van der Waals surface area contributed by atoms with E-state index in [9.17, 15) is 4.79 Å². The smallest absolute Gasteiger partial charge is 0.274 e. The van der Waals surface area contributed by atoms with Crippen molar-refractivity contribution in [2.45, 2.75) is 45.6 Å². The third-order valence-electron chi connectivity index (χ3n) is 5.31. The Morgan fingerprint density at radius 1 is 1.21 bits per heavy atom. The van der Waals surface area contributed by atoms with E-state index in [4.69, 9.17) is 0 Å². The van der Waals surface area contributed by atoms with E-state index in [0.717, 1.165) is 42.4 Å². The lowest BCUT2D eigenvalue weighted by molar-refractivity contribution is 0.102. The molecule has 1 fully saturated rings. The molecule has 1 atom stereocenters. The normalized spacial score (nSPS) is 16.9. The second-order valence-corrected chi connectivity index (χ2v) is 7.28. The van der Waals surface area contributed by atoms with Crippen molar-refractivity contribution in [3.05, 3.63) is 54.0 Å². The lowest BCUT2D eigenvalue weighted by Crippen LogP contribution is -2.40. The zero-order valence-electron chi connectivity index (χ0n) is 16.4. The minimum Gasteiger partial charge on any atom is -0.338 e. The third-order valence-corrected chi connectivity index (χ3v) is 5.31. The van der Waals surface area contributed by atoms with Gasteiger partial charge in [0.15, 0.2) is 0 Å². The molecule has 144 valence electrons. The van der Waals surface area contributed by atoms with Crippen LogP contribution in [0.1, 0.15) is 48.8 Å². The predicted octanol–water partition coefficient (Wildman–Crippen LogP) is 4.35. The Labute approximate surface area is 165 Å². The summed E-state index contributed by atoms with van der Waals surface area (Å²) in [5, 5.41) is 3.96. The highest BCUT2D eigenvalue weighted by Crippen LogP contribution is 2.25. The van der Waals surface area contributed by atoms with Crippen molar-refractivity contribution in [3.63, 3.8) is 0 Å². The number of aryl methyl sites for hydroxylation is 1. The summed E-state index contributed by atoms with van der Waals surface area (Å²) in [6.45, 7) is 5.04. The van der Waals surface area contributed by atoms with E-state index in [1.54, 1.807) is 12.3 Å². The van der Waals surface area contributed by atoms with E-state index in [2.05, 4.69) is 32.1 Å². The van der Waals surface area contributed by atoms with Gasteiger partial charge in [0.25, 0.3) is 5.91 Å². The number of carbonyl (C=O) groups is 1. The van der Waals surface area contributed by atoms with Gasteiger partial charge in [0.1, 0.15) is 5.69 Å². The summed E-state index contributed by atoms with van der Waals surface area (Å²) in [5.41, 5.74) is 2.64. The van der Waals surface area contributed by atoms with Gasteiger partial charge in [-0.1, -0.05) is 25.1 Å². The van der Waals surface area contributed by atoms with Crippen LogP contribution < -0.4 is 10.2 Å². The molecule has 6 heteroatoms. The molecule has 2 aromatic heterocycles. The molecule has 4 rings (SSSR count). The van der Waals surface area contributed by atoms with Crippen molar-refractivity contribution in [1.29, 1.82) is 0 Å². The van der Waals surface area contributed by atoms with Crippen LogP contribution in [-0.2, 0) is 0 Å². The number of amides is 1. The summed E-state index contributed by atoms with van der Waals surface area (Å²) in [7, 11) is 0. The maximum absolute atomic E-state index is 12.9. The van der Waals surface area contributed by atoms with Gasteiger partial charge in [-0.25, -0.2) is 9.97 Å². The highest BCUT2D eigenvalue weighted by atomic mass is 16.1.